The topological polar surface area (TPSA) is 49.4 Å². The Bertz CT molecular complexity index is 295. The molecule has 2 fully saturated rings. The van der Waals surface area contributed by atoms with Crippen molar-refractivity contribution in [2.75, 3.05) is 12.8 Å². The Labute approximate surface area is 93.8 Å². The molecule has 84 valence electrons. The van der Waals surface area contributed by atoms with Gasteiger partial charge >= 0.3 is 0 Å². The quantitative estimate of drug-likeness (QED) is 0.735. The lowest BCUT2D eigenvalue weighted by molar-refractivity contribution is -0.142. The number of carbonyl (C=O) groups excluding carboxylic acids is 2. The first-order chi connectivity index (χ1) is 7.15. The molecule has 5 heteroatoms. The van der Waals surface area contributed by atoms with Gasteiger partial charge < -0.3 is 10.2 Å². The Morgan fingerprint density at radius 3 is 2.87 bits per heavy atom. The highest BCUT2D eigenvalue weighted by Crippen LogP contribution is 2.36. The molecule has 15 heavy (non-hydrogen) atoms. The Balaban J connectivity index is 2.18. The van der Waals surface area contributed by atoms with Crippen molar-refractivity contribution in [2.24, 2.45) is 0 Å². The van der Waals surface area contributed by atoms with Crippen LogP contribution in [0, 0.1) is 0 Å². The van der Waals surface area contributed by atoms with Crippen LogP contribution in [0.1, 0.15) is 19.8 Å². The first-order valence-electron chi connectivity index (χ1n) is 5.26. The number of fused-ring (bicyclic) bond motifs is 1. The third kappa shape index (κ3) is 1.78. The van der Waals surface area contributed by atoms with Crippen LogP contribution >= 0.6 is 11.8 Å². The van der Waals surface area contributed by atoms with Crippen molar-refractivity contribution in [1.82, 2.24) is 10.2 Å². The molecule has 0 spiro atoms. The SMILES string of the molecule is CN[C@H]1CCC2SC[C@@H](C(C)=O)N2C1=O. The highest BCUT2D eigenvalue weighted by molar-refractivity contribution is 8.00. The Kier molecular flexibility index (Phi) is 3.02. The molecule has 1 N–H and O–H groups in total. The van der Waals surface area contributed by atoms with E-state index in [-0.39, 0.29) is 29.1 Å². The van der Waals surface area contributed by atoms with E-state index in [0.717, 1.165) is 18.6 Å². The van der Waals surface area contributed by atoms with Gasteiger partial charge in [-0.05, 0) is 26.8 Å². The number of piperidine rings is 1. The Morgan fingerprint density at radius 1 is 1.53 bits per heavy atom. The van der Waals surface area contributed by atoms with E-state index in [0.29, 0.717) is 0 Å². The summed E-state index contributed by atoms with van der Waals surface area (Å²) in [6, 6.07) is -0.287. The predicted molar refractivity (Wildman–Crippen MR) is 59.6 cm³/mol. The summed E-state index contributed by atoms with van der Waals surface area (Å²) in [5.74, 6) is 0.969. The largest absolute Gasteiger partial charge is 0.318 e. The molecule has 0 bridgehead atoms. The van der Waals surface area contributed by atoms with Gasteiger partial charge in [0, 0.05) is 5.75 Å². The van der Waals surface area contributed by atoms with Gasteiger partial charge in [0.1, 0.15) is 6.04 Å². The number of nitrogens with zero attached hydrogens (tertiary/aromatic N) is 1. The molecule has 2 aliphatic rings. The first-order valence-corrected chi connectivity index (χ1v) is 6.31. The molecule has 1 unspecified atom stereocenters. The van der Waals surface area contributed by atoms with Crippen LogP contribution in [0.3, 0.4) is 0 Å². The lowest BCUT2D eigenvalue weighted by atomic mass is 10.0. The van der Waals surface area contributed by atoms with Crippen LogP contribution in [0.15, 0.2) is 0 Å². The molecule has 1 amide bonds. The van der Waals surface area contributed by atoms with Gasteiger partial charge in [0.15, 0.2) is 5.78 Å². The molecule has 3 atom stereocenters. The molecule has 0 aromatic heterocycles. The van der Waals surface area contributed by atoms with E-state index in [1.165, 1.54) is 0 Å². The van der Waals surface area contributed by atoms with Crippen LogP contribution in [0.4, 0.5) is 0 Å². The normalized spacial score (nSPS) is 35.5. The summed E-state index contributed by atoms with van der Waals surface area (Å²) in [5.41, 5.74) is 0. The summed E-state index contributed by atoms with van der Waals surface area (Å²) in [4.78, 5) is 25.3. The van der Waals surface area contributed by atoms with Gasteiger partial charge in [-0.3, -0.25) is 9.59 Å². The fourth-order valence-electron chi connectivity index (χ4n) is 2.28. The monoisotopic (exact) mass is 228 g/mol. The standard InChI is InChI=1S/C10H16N2O2S/c1-6(13)8-5-15-9-4-3-7(11-2)10(14)12(8)9/h7-9,11H,3-5H2,1-2H3/t7-,8-,9?/m0/s1. The highest BCUT2D eigenvalue weighted by atomic mass is 32.2. The minimum Gasteiger partial charge on any atom is -0.318 e. The van der Waals surface area contributed by atoms with Gasteiger partial charge in [-0.2, -0.15) is 0 Å². The van der Waals surface area contributed by atoms with Crippen LogP contribution in [0.5, 0.6) is 0 Å². The van der Waals surface area contributed by atoms with Crippen LogP contribution in [0.2, 0.25) is 0 Å². The second-order valence-corrected chi connectivity index (χ2v) is 5.29. The first kappa shape index (κ1) is 11.0. The fraction of sp³-hybridized carbons (Fsp3) is 0.800. The molecule has 2 saturated heterocycles. The number of ketones is 1. The maximum atomic E-state index is 12.1. The number of likely N-dealkylation sites (N-methyl/N-ethyl adjacent to an activating group) is 1. The number of Topliss-reactive ketones (excluding diaryl/α,β-unsaturated/α-hetero) is 1. The van der Waals surface area contributed by atoms with Gasteiger partial charge in [0.2, 0.25) is 5.91 Å². The minimum atomic E-state index is -0.191. The molecule has 2 aliphatic heterocycles. The zero-order valence-corrected chi connectivity index (χ0v) is 9.84. The van der Waals surface area contributed by atoms with E-state index >= 15 is 0 Å². The molecule has 4 nitrogen and oxygen atoms in total. The van der Waals surface area contributed by atoms with Crippen molar-refractivity contribution in [2.45, 2.75) is 37.2 Å². The van der Waals surface area contributed by atoms with Crippen molar-refractivity contribution < 1.29 is 9.59 Å². The van der Waals surface area contributed by atoms with Crippen LogP contribution in [0.25, 0.3) is 0 Å². The van der Waals surface area contributed by atoms with E-state index in [4.69, 9.17) is 0 Å². The summed E-state index contributed by atoms with van der Waals surface area (Å²) in [6.07, 6.45) is 1.87. The number of hydrogen-bond acceptors (Lipinski definition) is 4. The van der Waals surface area contributed by atoms with Crippen molar-refractivity contribution in [3.8, 4) is 0 Å². The number of nitrogens with one attached hydrogen (secondary N) is 1. The van der Waals surface area contributed by atoms with E-state index in [1.54, 1.807) is 30.6 Å². The van der Waals surface area contributed by atoms with Crippen molar-refractivity contribution in [3.05, 3.63) is 0 Å². The average molecular weight is 228 g/mol. The molecular formula is C10H16N2O2S. The average Bonchev–Trinajstić information content (AvgIpc) is 2.63. The zero-order chi connectivity index (χ0) is 11.0. The summed E-state index contributed by atoms with van der Waals surface area (Å²) < 4.78 is 0. The highest BCUT2D eigenvalue weighted by Gasteiger charge is 2.44. The molecule has 0 radical (unpaired) electrons. The number of thioether (sulfide) groups is 1. The number of hydrogen-bond donors (Lipinski definition) is 1. The zero-order valence-electron chi connectivity index (χ0n) is 9.03. The van der Waals surface area contributed by atoms with Crippen molar-refractivity contribution >= 4 is 23.5 Å². The summed E-state index contributed by atoms with van der Waals surface area (Å²) in [5, 5.41) is 3.25. The van der Waals surface area contributed by atoms with Gasteiger partial charge in [0.05, 0.1) is 11.4 Å². The van der Waals surface area contributed by atoms with Crippen LogP contribution < -0.4 is 5.32 Å². The summed E-state index contributed by atoms with van der Waals surface area (Å²) >= 11 is 1.74. The number of rotatable bonds is 2. The predicted octanol–water partition coefficient (Wildman–Crippen LogP) is 0.227. The smallest absolute Gasteiger partial charge is 0.241 e. The third-order valence-electron chi connectivity index (χ3n) is 3.17. The molecule has 0 saturated carbocycles. The second-order valence-electron chi connectivity index (χ2n) is 4.08. The maximum Gasteiger partial charge on any atom is 0.241 e. The van der Waals surface area contributed by atoms with Crippen molar-refractivity contribution in [3.63, 3.8) is 0 Å². The summed E-state index contributed by atoms with van der Waals surface area (Å²) in [7, 11) is 1.80. The Morgan fingerprint density at radius 2 is 2.27 bits per heavy atom. The van der Waals surface area contributed by atoms with Gasteiger partial charge in [0.25, 0.3) is 0 Å². The Hall–Kier alpha value is -0.550. The molecule has 0 aromatic rings. The lowest BCUT2D eigenvalue weighted by Crippen LogP contribution is -2.55. The van der Waals surface area contributed by atoms with E-state index in [1.807, 2.05) is 0 Å². The molecule has 0 aliphatic carbocycles. The molecule has 2 rings (SSSR count). The second kappa shape index (κ2) is 4.14. The molecular weight excluding hydrogens is 212 g/mol. The number of amides is 1. The van der Waals surface area contributed by atoms with Crippen LogP contribution in [-0.4, -0.2) is 46.8 Å². The maximum absolute atomic E-state index is 12.1. The van der Waals surface area contributed by atoms with Crippen molar-refractivity contribution in [1.29, 1.82) is 0 Å². The minimum absolute atomic E-state index is 0.0956. The van der Waals surface area contributed by atoms with E-state index in [9.17, 15) is 9.59 Å². The summed E-state index contributed by atoms with van der Waals surface area (Å²) in [6.45, 7) is 1.57. The lowest BCUT2D eigenvalue weighted by Gasteiger charge is -2.36. The van der Waals surface area contributed by atoms with Gasteiger partial charge in [-0.1, -0.05) is 0 Å². The van der Waals surface area contributed by atoms with E-state index < -0.39 is 0 Å². The molecule has 2 heterocycles. The third-order valence-corrected chi connectivity index (χ3v) is 4.52. The van der Waals surface area contributed by atoms with Crippen LogP contribution in [-0.2, 0) is 9.59 Å². The van der Waals surface area contributed by atoms with Gasteiger partial charge in [-0.25, -0.2) is 0 Å². The fourth-order valence-corrected chi connectivity index (χ4v) is 3.79. The van der Waals surface area contributed by atoms with Gasteiger partial charge in [-0.15, -0.1) is 11.8 Å². The molecule has 0 aromatic carbocycles. The van der Waals surface area contributed by atoms with E-state index in [2.05, 4.69) is 5.32 Å². The number of carbonyl (C=O) groups is 2.